The fourth-order valence-electron chi connectivity index (χ4n) is 3.72. The first-order chi connectivity index (χ1) is 13.9. The molecule has 1 N–H and O–H groups in total. The predicted octanol–water partition coefficient (Wildman–Crippen LogP) is 5.58. The highest BCUT2D eigenvalue weighted by Gasteiger charge is 2.33. The zero-order valence-electron chi connectivity index (χ0n) is 18.8. The quantitative estimate of drug-likeness (QED) is 0.298. The maximum atomic E-state index is 6.19. The summed E-state index contributed by atoms with van der Waals surface area (Å²) in [5, 5.41) is 6.22. The fourth-order valence-corrected chi connectivity index (χ4v) is 5.59. The van der Waals surface area contributed by atoms with E-state index in [2.05, 4.69) is 51.8 Å². The Balaban J connectivity index is 1.89. The van der Waals surface area contributed by atoms with Crippen LogP contribution in [0.4, 0.5) is 5.82 Å². The van der Waals surface area contributed by atoms with Crippen LogP contribution < -0.4 is 5.32 Å². The molecule has 1 aliphatic rings. The van der Waals surface area contributed by atoms with Crippen LogP contribution in [0.15, 0.2) is 5.16 Å². The Morgan fingerprint density at radius 1 is 1.24 bits per heavy atom. The Kier molecular flexibility index (Phi) is 7.81. The van der Waals surface area contributed by atoms with Gasteiger partial charge in [-0.1, -0.05) is 46.4 Å². The molecule has 0 bridgehead atoms. The molecule has 1 atom stereocenters. The standard InChI is InChI=1S/C22H36N4OS2/c1-7-22(6)13-16-17(14-27-22)29-20-18(16)19(24-21(25-20)28-15(4)5)23-11-10-12-26(8-2)9-3/h15H,7-14H2,1-6H3,(H,23,24,25)/t22-/m1/s1. The lowest BCUT2D eigenvalue weighted by atomic mass is 9.90. The summed E-state index contributed by atoms with van der Waals surface area (Å²) in [5.74, 6) is 1.01. The maximum absolute atomic E-state index is 6.19. The third-order valence-corrected chi connectivity index (χ3v) is 7.71. The summed E-state index contributed by atoms with van der Waals surface area (Å²) in [5.41, 5.74) is 1.31. The van der Waals surface area contributed by atoms with Gasteiger partial charge in [-0.25, -0.2) is 9.97 Å². The minimum absolute atomic E-state index is 0.0909. The molecule has 2 aromatic rings. The molecule has 5 nitrogen and oxygen atoms in total. The van der Waals surface area contributed by atoms with E-state index in [4.69, 9.17) is 14.7 Å². The molecule has 7 heteroatoms. The highest BCUT2D eigenvalue weighted by atomic mass is 32.2. The molecule has 0 spiro atoms. The number of ether oxygens (including phenoxy) is 1. The van der Waals surface area contributed by atoms with Crippen LogP contribution in [0.2, 0.25) is 0 Å². The molecule has 0 aliphatic carbocycles. The molecule has 0 amide bonds. The Bertz CT molecular complexity index is 819. The van der Waals surface area contributed by atoms with Crippen molar-refractivity contribution >= 4 is 39.1 Å². The maximum Gasteiger partial charge on any atom is 0.191 e. The minimum Gasteiger partial charge on any atom is -0.369 e. The molecule has 162 valence electrons. The van der Waals surface area contributed by atoms with E-state index in [1.54, 1.807) is 23.1 Å². The van der Waals surface area contributed by atoms with Gasteiger partial charge in [0.05, 0.1) is 17.6 Å². The van der Waals surface area contributed by atoms with E-state index in [1.807, 2.05) is 0 Å². The second-order valence-electron chi connectivity index (χ2n) is 8.28. The van der Waals surface area contributed by atoms with E-state index in [0.717, 1.165) is 61.2 Å². The average Bonchev–Trinajstić information content (AvgIpc) is 3.04. The summed E-state index contributed by atoms with van der Waals surface area (Å²) >= 11 is 3.51. The summed E-state index contributed by atoms with van der Waals surface area (Å²) in [4.78, 5) is 14.7. The van der Waals surface area contributed by atoms with Gasteiger partial charge in [-0.3, -0.25) is 0 Å². The number of rotatable bonds is 10. The first-order valence-corrected chi connectivity index (χ1v) is 12.7. The predicted molar refractivity (Wildman–Crippen MR) is 126 cm³/mol. The van der Waals surface area contributed by atoms with Gasteiger partial charge in [-0.15, -0.1) is 11.3 Å². The highest BCUT2D eigenvalue weighted by molar-refractivity contribution is 7.99. The molecule has 0 saturated heterocycles. The normalized spacial score (nSPS) is 19.3. The monoisotopic (exact) mass is 436 g/mol. The van der Waals surface area contributed by atoms with E-state index in [9.17, 15) is 0 Å². The van der Waals surface area contributed by atoms with Gasteiger partial charge >= 0.3 is 0 Å². The van der Waals surface area contributed by atoms with Crippen molar-refractivity contribution < 1.29 is 4.74 Å². The van der Waals surface area contributed by atoms with E-state index in [1.165, 1.54) is 15.8 Å². The van der Waals surface area contributed by atoms with E-state index in [-0.39, 0.29) is 5.60 Å². The number of fused-ring (bicyclic) bond motifs is 3. The van der Waals surface area contributed by atoms with Gasteiger partial charge in [0.25, 0.3) is 0 Å². The van der Waals surface area contributed by atoms with Crippen molar-refractivity contribution in [3.05, 3.63) is 10.4 Å². The first-order valence-electron chi connectivity index (χ1n) is 11.0. The molecule has 0 saturated carbocycles. The Morgan fingerprint density at radius 2 is 2.00 bits per heavy atom. The van der Waals surface area contributed by atoms with Gasteiger partial charge in [0.1, 0.15) is 10.6 Å². The van der Waals surface area contributed by atoms with E-state index in [0.29, 0.717) is 11.9 Å². The van der Waals surface area contributed by atoms with Gasteiger partial charge in [0.2, 0.25) is 0 Å². The Morgan fingerprint density at radius 3 is 2.66 bits per heavy atom. The van der Waals surface area contributed by atoms with Crippen LogP contribution >= 0.6 is 23.1 Å². The van der Waals surface area contributed by atoms with Crippen LogP contribution in [-0.4, -0.2) is 51.9 Å². The summed E-state index contributed by atoms with van der Waals surface area (Å²) in [6.07, 6.45) is 3.06. The lowest BCUT2D eigenvalue weighted by molar-refractivity contribution is -0.0542. The molecular formula is C22H36N4OS2. The topological polar surface area (TPSA) is 50.3 Å². The highest BCUT2D eigenvalue weighted by Crippen LogP contribution is 2.42. The van der Waals surface area contributed by atoms with Crippen LogP contribution in [0, 0.1) is 0 Å². The minimum atomic E-state index is -0.0909. The fraction of sp³-hybridized carbons (Fsp3) is 0.727. The summed E-state index contributed by atoms with van der Waals surface area (Å²) < 4.78 is 6.19. The number of thiophene rings is 1. The molecule has 0 unspecified atom stereocenters. The van der Waals surface area contributed by atoms with Crippen molar-refractivity contribution in [2.75, 3.05) is 31.5 Å². The van der Waals surface area contributed by atoms with Crippen molar-refractivity contribution in [3.8, 4) is 0 Å². The number of thioether (sulfide) groups is 1. The molecule has 0 aromatic carbocycles. The smallest absolute Gasteiger partial charge is 0.191 e. The number of aromatic nitrogens is 2. The van der Waals surface area contributed by atoms with Crippen molar-refractivity contribution in [2.45, 2.75) is 83.4 Å². The molecule has 29 heavy (non-hydrogen) atoms. The number of anilines is 1. The van der Waals surface area contributed by atoms with Crippen LogP contribution in [0.1, 0.15) is 64.8 Å². The first kappa shape index (κ1) is 22.8. The molecule has 3 heterocycles. The SMILES string of the molecule is CCN(CC)CCCNc1nc(SC(C)C)nc2sc3c(c12)C[C@@](C)(CC)OC3. The zero-order valence-corrected chi connectivity index (χ0v) is 20.4. The summed E-state index contributed by atoms with van der Waals surface area (Å²) in [6.45, 7) is 18.2. The molecule has 1 aliphatic heterocycles. The zero-order chi connectivity index (χ0) is 21.0. The molecule has 3 rings (SSSR count). The summed E-state index contributed by atoms with van der Waals surface area (Å²) in [6, 6.07) is 0. The second-order valence-corrected chi connectivity index (χ2v) is 10.9. The van der Waals surface area contributed by atoms with Gasteiger partial charge in [-0.05, 0) is 45.0 Å². The molecule has 2 aromatic heterocycles. The van der Waals surface area contributed by atoms with Crippen molar-refractivity contribution in [1.82, 2.24) is 14.9 Å². The van der Waals surface area contributed by atoms with Crippen molar-refractivity contribution in [3.63, 3.8) is 0 Å². The Hall–Kier alpha value is -0.890. The van der Waals surface area contributed by atoms with Gasteiger partial charge in [0.15, 0.2) is 5.16 Å². The van der Waals surface area contributed by atoms with Crippen LogP contribution in [0.25, 0.3) is 10.2 Å². The lowest BCUT2D eigenvalue weighted by Gasteiger charge is -2.33. The molecular weight excluding hydrogens is 400 g/mol. The third-order valence-electron chi connectivity index (χ3n) is 5.74. The van der Waals surface area contributed by atoms with E-state index < -0.39 is 0 Å². The largest absolute Gasteiger partial charge is 0.369 e. The molecule has 0 radical (unpaired) electrons. The number of hydrogen-bond acceptors (Lipinski definition) is 7. The van der Waals surface area contributed by atoms with Crippen molar-refractivity contribution in [2.24, 2.45) is 0 Å². The number of nitrogens with one attached hydrogen (secondary N) is 1. The average molecular weight is 437 g/mol. The third kappa shape index (κ3) is 5.43. The number of hydrogen-bond donors (Lipinski definition) is 1. The van der Waals surface area contributed by atoms with Gasteiger partial charge in [0, 0.05) is 23.1 Å². The number of nitrogens with zero attached hydrogens (tertiary/aromatic N) is 3. The summed E-state index contributed by atoms with van der Waals surface area (Å²) in [7, 11) is 0. The van der Waals surface area contributed by atoms with Gasteiger partial charge in [-0.2, -0.15) is 0 Å². The van der Waals surface area contributed by atoms with E-state index >= 15 is 0 Å². The second kappa shape index (κ2) is 9.94. The molecule has 0 fully saturated rings. The van der Waals surface area contributed by atoms with Gasteiger partial charge < -0.3 is 15.0 Å². The van der Waals surface area contributed by atoms with Crippen LogP contribution in [-0.2, 0) is 17.8 Å². The Labute approximate surface area is 184 Å². The lowest BCUT2D eigenvalue weighted by Crippen LogP contribution is -2.34. The van der Waals surface area contributed by atoms with Crippen LogP contribution in [0.5, 0.6) is 0 Å². The van der Waals surface area contributed by atoms with Crippen molar-refractivity contribution in [1.29, 1.82) is 0 Å². The van der Waals surface area contributed by atoms with Crippen LogP contribution in [0.3, 0.4) is 0 Å².